The molecule has 0 radical (unpaired) electrons. The number of nitrogens with one attached hydrogen (secondary N) is 1. The molecule has 7 heteroatoms. The summed E-state index contributed by atoms with van der Waals surface area (Å²) in [7, 11) is 5.05. The van der Waals surface area contributed by atoms with Gasteiger partial charge in [0.25, 0.3) is 0 Å². The summed E-state index contributed by atoms with van der Waals surface area (Å²) in [6.45, 7) is 6.98. The molecule has 7 nitrogen and oxygen atoms in total. The molecule has 1 saturated heterocycles. The maximum atomic E-state index is 12.3. The van der Waals surface area contributed by atoms with E-state index in [9.17, 15) is 4.79 Å². The van der Waals surface area contributed by atoms with Gasteiger partial charge in [0.1, 0.15) is 17.1 Å². The van der Waals surface area contributed by atoms with Crippen molar-refractivity contribution in [3.05, 3.63) is 23.4 Å². The molecule has 1 aliphatic rings. The fourth-order valence-electron chi connectivity index (χ4n) is 3.18. The van der Waals surface area contributed by atoms with Crippen LogP contribution in [0.5, 0.6) is 0 Å². The van der Waals surface area contributed by atoms with Gasteiger partial charge in [0.05, 0.1) is 0 Å². The number of hydrogen-bond donors (Lipinski definition) is 1. The number of carbonyl (C=O) groups excluding carboxylic acids is 1. The first-order valence-corrected chi connectivity index (χ1v) is 9.01. The van der Waals surface area contributed by atoms with Gasteiger partial charge in [0.15, 0.2) is 0 Å². The predicted octanol–water partition coefficient (Wildman–Crippen LogP) is 3.53. The minimum Gasteiger partial charge on any atom is -0.444 e. The average molecular weight is 365 g/mol. The lowest BCUT2D eigenvalue weighted by molar-refractivity contribution is -0.109. The second-order valence-corrected chi connectivity index (χ2v) is 7.47. The van der Waals surface area contributed by atoms with Crippen LogP contribution in [0.2, 0.25) is 0 Å². The second-order valence-electron chi connectivity index (χ2n) is 7.47. The van der Waals surface area contributed by atoms with Crippen molar-refractivity contribution in [3.63, 3.8) is 0 Å². The van der Waals surface area contributed by atoms with Crippen molar-refractivity contribution in [2.45, 2.75) is 51.4 Å². The summed E-state index contributed by atoms with van der Waals surface area (Å²) in [5, 5.41) is 3.05. The van der Waals surface area contributed by atoms with Crippen molar-refractivity contribution >= 4 is 11.9 Å². The Morgan fingerprint density at radius 2 is 1.85 bits per heavy atom. The van der Waals surface area contributed by atoms with Crippen molar-refractivity contribution in [3.8, 4) is 0 Å². The summed E-state index contributed by atoms with van der Waals surface area (Å²) in [5.41, 5.74) is 1.43. The smallest absolute Gasteiger partial charge is 0.410 e. The molecule has 0 atom stereocenters. The maximum absolute atomic E-state index is 12.3. The van der Waals surface area contributed by atoms with Crippen LogP contribution in [0.3, 0.4) is 0 Å². The number of nitrogens with zero attached hydrogens (tertiary/aromatic N) is 2. The molecule has 0 aromatic carbocycles. The van der Waals surface area contributed by atoms with E-state index in [1.807, 2.05) is 33.9 Å². The standard InChI is InChI=1S/C19H31N3O4/c1-19(2,3)26-18(23)22-11-9-13(10-12-22)14-7-8-15(20-4)21-16(14)17(24-5)25-6/h7-8,13,17H,9-12H2,1-6H3,(H,20,21). The van der Waals surface area contributed by atoms with E-state index in [0.29, 0.717) is 19.0 Å². The van der Waals surface area contributed by atoms with Crippen molar-refractivity contribution in [2.75, 3.05) is 39.7 Å². The Hall–Kier alpha value is -1.86. The topological polar surface area (TPSA) is 72.9 Å². The summed E-state index contributed by atoms with van der Waals surface area (Å²) in [6.07, 6.45) is 0.952. The van der Waals surface area contributed by atoms with Gasteiger partial charge in [-0.3, -0.25) is 0 Å². The fraction of sp³-hybridized carbons (Fsp3) is 0.684. The van der Waals surface area contributed by atoms with Crippen LogP contribution in [0, 0.1) is 0 Å². The van der Waals surface area contributed by atoms with Crippen LogP contribution in [-0.2, 0) is 14.2 Å². The zero-order valence-corrected chi connectivity index (χ0v) is 16.7. The molecule has 26 heavy (non-hydrogen) atoms. The number of amides is 1. The largest absolute Gasteiger partial charge is 0.444 e. The van der Waals surface area contributed by atoms with E-state index in [1.54, 1.807) is 19.1 Å². The maximum Gasteiger partial charge on any atom is 0.410 e. The van der Waals surface area contributed by atoms with Crippen molar-refractivity contribution in [1.82, 2.24) is 9.88 Å². The van der Waals surface area contributed by atoms with E-state index in [2.05, 4.69) is 16.4 Å². The van der Waals surface area contributed by atoms with Gasteiger partial charge in [0, 0.05) is 34.4 Å². The quantitative estimate of drug-likeness (QED) is 0.805. The Morgan fingerprint density at radius 1 is 1.23 bits per heavy atom. The van der Waals surface area contributed by atoms with Gasteiger partial charge in [-0.05, 0) is 51.2 Å². The Bertz CT molecular complexity index is 603. The molecule has 146 valence electrons. The van der Waals surface area contributed by atoms with E-state index in [4.69, 9.17) is 14.2 Å². The van der Waals surface area contributed by atoms with Crippen LogP contribution in [0.15, 0.2) is 12.1 Å². The number of carbonyl (C=O) groups is 1. The number of pyridine rings is 1. The van der Waals surface area contributed by atoms with Gasteiger partial charge in [-0.25, -0.2) is 9.78 Å². The van der Waals surface area contributed by atoms with Gasteiger partial charge in [0.2, 0.25) is 6.29 Å². The minimum atomic E-state index is -0.512. The lowest BCUT2D eigenvalue weighted by atomic mass is 9.88. The van der Waals surface area contributed by atoms with Gasteiger partial charge in [-0.2, -0.15) is 0 Å². The molecule has 2 heterocycles. The highest BCUT2D eigenvalue weighted by molar-refractivity contribution is 5.68. The number of anilines is 1. The third-order valence-electron chi connectivity index (χ3n) is 4.45. The van der Waals surface area contributed by atoms with Crippen LogP contribution in [0.4, 0.5) is 10.6 Å². The number of rotatable bonds is 5. The molecule has 1 aromatic rings. The zero-order valence-electron chi connectivity index (χ0n) is 16.7. The lowest BCUT2D eigenvalue weighted by Crippen LogP contribution is -2.41. The summed E-state index contributed by atoms with van der Waals surface area (Å²) >= 11 is 0. The van der Waals surface area contributed by atoms with Gasteiger partial charge in [-0.15, -0.1) is 0 Å². The number of likely N-dealkylation sites (tertiary alicyclic amines) is 1. The SMILES string of the molecule is CNc1ccc(C2CCN(C(=O)OC(C)(C)C)CC2)c(C(OC)OC)n1. The van der Waals surface area contributed by atoms with Crippen LogP contribution in [0.1, 0.15) is 57.1 Å². The highest BCUT2D eigenvalue weighted by atomic mass is 16.7. The monoisotopic (exact) mass is 365 g/mol. The lowest BCUT2D eigenvalue weighted by Gasteiger charge is -2.34. The average Bonchev–Trinajstić information content (AvgIpc) is 2.61. The van der Waals surface area contributed by atoms with Crippen molar-refractivity contribution in [1.29, 1.82) is 0 Å². The third kappa shape index (κ3) is 5.08. The van der Waals surface area contributed by atoms with Gasteiger partial charge < -0.3 is 24.4 Å². The number of hydrogen-bond acceptors (Lipinski definition) is 6. The van der Waals surface area contributed by atoms with Crippen LogP contribution in [-0.4, -0.2) is 55.9 Å². The van der Waals surface area contributed by atoms with Crippen molar-refractivity contribution < 1.29 is 19.0 Å². The Kier molecular flexibility index (Phi) is 6.83. The molecular formula is C19H31N3O4. The molecule has 1 amide bonds. The van der Waals surface area contributed by atoms with Crippen LogP contribution >= 0.6 is 0 Å². The summed E-state index contributed by atoms with van der Waals surface area (Å²) in [5.74, 6) is 1.07. The molecule has 1 aliphatic heterocycles. The first kappa shape index (κ1) is 20.5. The predicted molar refractivity (Wildman–Crippen MR) is 100 cm³/mol. The van der Waals surface area contributed by atoms with Crippen molar-refractivity contribution in [2.24, 2.45) is 0 Å². The first-order valence-electron chi connectivity index (χ1n) is 9.01. The third-order valence-corrected chi connectivity index (χ3v) is 4.45. The molecule has 0 bridgehead atoms. The molecular weight excluding hydrogens is 334 g/mol. The normalized spacial score (nSPS) is 16.0. The molecule has 0 aliphatic carbocycles. The Labute approximate surface area is 156 Å². The fourth-order valence-corrected chi connectivity index (χ4v) is 3.18. The number of aromatic nitrogens is 1. The highest BCUT2D eigenvalue weighted by Gasteiger charge is 2.30. The molecule has 2 rings (SSSR count). The highest BCUT2D eigenvalue weighted by Crippen LogP contribution is 2.34. The van der Waals surface area contributed by atoms with E-state index in [-0.39, 0.29) is 6.09 Å². The zero-order chi connectivity index (χ0) is 19.3. The van der Waals surface area contributed by atoms with Gasteiger partial charge >= 0.3 is 6.09 Å². The Balaban J connectivity index is 2.12. The molecule has 1 aromatic heterocycles. The van der Waals surface area contributed by atoms with E-state index in [0.717, 1.165) is 29.9 Å². The molecule has 0 saturated carbocycles. The van der Waals surface area contributed by atoms with Crippen LogP contribution in [0.25, 0.3) is 0 Å². The summed E-state index contributed by atoms with van der Waals surface area (Å²) in [4.78, 5) is 18.7. The first-order chi connectivity index (χ1) is 12.3. The second kappa shape index (κ2) is 8.68. The summed E-state index contributed by atoms with van der Waals surface area (Å²) in [6, 6.07) is 4.04. The molecule has 1 fully saturated rings. The van der Waals surface area contributed by atoms with Crippen LogP contribution < -0.4 is 5.32 Å². The number of methoxy groups -OCH3 is 2. The number of ether oxygens (including phenoxy) is 3. The molecule has 0 spiro atoms. The van der Waals surface area contributed by atoms with E-state index < -0.39 is 11.9 Å². The molecule has 0 unspecified atom stereocenters. The molecule has 1 N–H and O–H groups in total. The minimum absolute atomic E-state index is 0.244. The van der Waals surface area contributed by atoms with E-state index >= 15 is 0 Å². The van der Waals surface area contributed by atoms with E-state index in [1.165, 1.54) is 0 Å². The van der Waals surface area contributed by atoms with Gasteiger partial charge in [-0.1, -0.05) is 6.07 Å². The Morgan fingerprint density at radius 3 is 2.35 bits per heavy atom. The summed E-state index contributed by atoms with van der Waals surface area (Å²) < 4.78 is 16.3. The number of piperidine rings is 1.